The molecule has 0 aromatic heterocycles. The zero-order valence-electron chi connectivity index (χ0n) is 8.27. The second-order valence-corrected chi connectivity index (χ2v) is 3.91. The van der Waals surface area contributed by atoms with E-state index in [1.165, 1.54) is 0 Å². The van der Waals surface area contributed by atoms with Crippen molar-refractivity contribution >= 4 is 23.2 Å². The molecule has 0 aliphatic carbocycles. The third-order valence-electron chi connectivity index (χ3n) is 2.59. The standard InChI is InChI=1S/C8H16N4OS/c1-6(7(9)14)11-2-4-12(5-3-11)8(10)13/h6H,2-5H2,1H3,(H2,9,14)(H2,10,13). The molecule has 2 amide bonds. The molecular formula is C8H16N4OS. The molecule has 1 unspecified atom stereocenters. The first-order valence-corrected chi connectivity index (χ1v) is 5.01. The van der Waals surface area contributed by atoms with E-state index in [4.69, 9.17) is 23.7 Å². The van der Waals surface area contributed by atoms with Crippen molar-refractivity contribution in [3.05, 3.63) is 0 Å². The molecule has 4 N–H and O–H groups in total. The van der Waals surface area contributed by atoms with E-state index in [1.807, 2.05) is 6.92 Å². The SMILES string of the molecule is CC(C(N)=S)N1CCN(C(N)=O)CC1. The summed E-state index contributed by atoms with van der Waals surface area (Å²) >= 11 is 4.91. The van der Waals surface area contributed by atoms with Gasteiger partial charge in [-0.3, -0.25) is 4.90 Å². The maximum Gasteiger partial charge on any atom is 0.314 e. The molecule has 0 bridgehead atoms. The Hall–Kier alpha value is -0.880. The molecule has 1 heterocycles. The van der Waals surface area contributed by atoms with Gasteiger partial charge in [0.1, 0.15) is 0 Å². The Morgan fingerprint density at radius 2 is 1.79 bits per heavy atom. The van der Waals surface area contributed by atoms with E-state index in [2.05, 4.69) is 4.90 Å². The summed E-state index contributed by atoms with van der Waals surface area (Å²) in [6.07, 6.45) is 0. The van der Waals surface area contributed by atoms with E-state index >= 15 is 0 Å². The van der Waals surface area contributed by atoms with Crippen LogP contribution >= 0.6 is 12.2 Å². The minimum absolute atomic E-state index is 0.0972. The molecule has 6 heteroatoms. The highest BCUT2D eigenvalue weighted by molar-refractivity contribution is 7.80. The van der Waals surface area contributed by atoms with Gasteiger partial charge in [0.2, 0.25) is 0 Å². The molecular weight excluding hydrogens is 200 g/mol. The van der Waals surface area contributed by atoms with Crippen molar-refractivity contribution in [1.82, 2.24) is 9.80 Å². The van der Waals surface area contributed by atoms with Gasteiger partial charge in [0.25, 0.3) is 0 Å². The van der Waals surface area contributed by atoms with E-state index in [9.17, 15) is 4.79 Å². The molecule has 1 rings (SSSR count). The predicted molar refractivity (Wildman–Crippen MR) is 59.0 cm³/mol. The fraction of sp³-hybridized carbons (Fsp3) is 0.750. The van der Waals surface area contributed by atoms with Crippen molar-refractivity contribution in [2.24, 2.45) is 11.5 Å². The Bertz CT molecular complexity index is 237. The molecule has 1 aliphatic rings. The number of hydrogen-bond donors (Lipinski definition) is 2. The van der Waals surface area contributed by atoms with Crippen molar-refractivity contribution in [3.63, 3.8) is 0 Å². The maximum atomic E-state index is 10.8. The van der Waals surface area contributed by atoms with E-state index in [1.54, 1.807) is 4.90 Å². The number of nitrogens with two attached hydrogens (primary N) is 2. The minimum atomic E-state index is -0.354. The van der Waals surface area contributed by atoms with Gasteiger partial charge in [-0.1, -0.05) is 12.2 Å². The van der Waals surface area contributed by atoms with Crippen LogP contribution in [-0.2, 0) is 0 Å². The first kappa shape index (κ1) is 11.2. The number of nitrogens with zero attached hydrogens (tertiary/aromatic N) is 2. The van der Waals surface area contributed by atoms with Crippen LogP contribution in [0.15, 0.2) is 0 Å². The van der Waals surface area contributed by atoms with Crippen LogP contribution in [0.25, 0.3) is 0 Å². The Labute approximate surface area is 89.0 Å². The highest BCUT2D eigenvalue weighted by atomic mass is 32.1. The molecule has 80 valence electrons. The molecule has 0 spiro atoms. The van der Waals surface area contributed by atoms with Crippen molar-refractivity contribution < 1.29 is 4.79 Å². The predicted octanol–water partition coefficient (Wildman–Crippen LogP) is -0.643. The largest absolute Gasteiger partial charge is 0.392 e. The number of rotatable bonds is 2. The lowest BCUT2D eigenvalue weighted by molar-refractivity contribution is 0.137. The summed E-state index contributed by atoms with van der Waals surface area (Å²) in [7, 11) is 0. The van der Waals surface area contributed by atoms with Crippen LogP contribution in [-0.4, -0.2) is 53.0 Å². The lowest BCUT2D eigenvalue weighted by atomic mass is 10.2. The van der Waals surface area contributed by atoms with Crippen LogP contribution in [0.2, 0.25) is 0 Å². The third kappa shape index (κ3) is 2.55. The average Bonchev–Trinajstić information content (AvgIpc) is 2.16. The van der Waals surface area contributed by atoms with E-state index < -0.39 is 0 Å². The molecule has 0 aromatic rings. The summed E-state index contributed by atoms with van der Waals surface area (Å²) in [5.74, 6) is 0. The molecule has 1 fully saturated rings. The zero-order valence-corrected chi connectivity index (χ0v) is 9.09. The summed E-state index contributed by atoms with van der Waals surface area (Å²) in [6, 6.07) is -0.257. The molecule has 0 radical (unpaired) electrons. The van der Waals surface area contributed by atoms with Gasteiger partial charge in [-0.25, -0.2) is 4.79 Å². The second-order valence-electron chi connectivity index (χ2n) is 3.44. The first-order chi connectivity index (χ1) is 6.52. The number of thiocarbonyl (C=S) groups is 1. The number of primary amides is 1. The highest BCUT2D eigenvalue weighted by Gasteiger charge is 2.23. The van der Waals surface area contributed by atoms with Gasteiger partial charge in [0.05, 0.1) is 11.0 Å². The van der Waals surface area contributed by atoms with Gasteiger partial charge in [-0.05, 0) is 6.92 Å². The van der Waals surface area contributed by atoms with Gasteiger partial charge in [-0.2, -0.15) is 0 Å². The van der Waals surface area contributed by atoms with Crippen LogP contribution < -0.4 is 11.5 Å². The summed E-state index contributed by atoms with van der Waals surface area (Å²) in [5, 5.41) is 0. The number of carbonyl (C=O) groups excluding carboxylic acids is 1. The number of urea groups is 1. The van der Waals surface area contributed by atoms with Crippen molar-refractivity contribution in [2.75, 3.05) is 26.2 Å². The minimum Gasteiger partial charge on any atom is -0.392 e. The zero-order chi connectivity index (χ0) is 10.7. The lowest BCUT2D eigenvalue weighted by Crippen LogP contribution is -2.54. The van der Waals surface area contributed by atoms with Crippen LogP contribution in [0.1, 0.15) is 6.92 Å². The topological polar surface area (TPSA) is 75.6 Å². The molecule has 1 atom stereocenters. The fourth-order valence-electron chi connectivity index (χ4n) is 1.51. The Morgan fingerprint density at radius 1 is 1.29 bits per heavy atom. The Kier molecular flexibility index (Phi) is 3.65. The van der Waals surface area contributed by atoms with Crippen LogP contribution in [0, 0.1) is 0 Å². The quantitative estimate of drug-likeness (QED) is 0.602. The molecule has 14 heavy (non-hydrogen) atoms. The van der Waals surface area contributed by atoms with Crippen molar-refractivity contribution in [1.29, 1.82) is 0 Å². The van der Waals surface area contributed by atoms with Gasteiger partial charge < -0.3 is 16.4 Å². The summed E-state index contributed by atoms with van der Waals surface area (Å²) in [4.78, 5) is 15.1. The Morgan fingerprint density at radius 3 is 2.14 bits per heavy atom. The molecule has 1 aliphatic heterocycles. The lowest BCUT2D eigenvalue weighted by Gasteiger charge is -2.36. The number of carbonyl (C=O) groups is 1. The fourth-order valence-corrected chi connectivity index (χ4v) is 1.66. The number of amides is 2. The molecule has 0 aromatic carbocycles. The second kappa shape index (κ2) is 4.56. The van der Waals surface area contributed by atoms with Crippen LogP contribution in [0.5, 0.6) is 0 Å². The number of piperazine rings is 1. The van der Waals surface area contributed by atoms with E-state index in [-0.39, 0.29) is 12.1 Å². The maximum absolute atomic E-state index is 10.8. The summed E-state index contributed by atoms with van der Waals surface area (Å²) in [5.41, 5.74) is 10.7. The third-order valence-corrected chi connectivity index (χ3v) is 2.93. The van der Waals surface area contributed by atoms with Crippen LogP contribution in [0.4, 0.5) is 4.79 Å². The first-order valence-electron chi connectivity index (χ1n) is 4.60. The summed E-state index contributed by atoms with van der Waals surface area (Å²) in [6.45, 7) is 4.84. The smallest absolute Gasteiger partial charge is 0.314 e. The Balaban J connectivity index is 2.43. The van der Waals surface area contributed by atoms with Crippen molar-refractivity contribution in [2.45, 2.75) is 13.0 Å². The van der Waals surface area contributed by atoms with Crippen LogP contribution in [0.3, 0.4) is 0 Å². The van der Waals surface area contributed by atoms with Gasteiger partial charge in [-0.15, -0.1) is 0 Å². The monoisotopic (exact) mass is 216 g/mol. The molecule has 5 nitrogen and oxygen atoms in total. The van der Waals surface area contributed by atoms with Gasteiger partial charge >= 0.3 is 6.03 Å². The van der Waals surface area contributed by atoms with Gasteiger partial charge in [0, 0.05) is 26.2 Å². The molecule has 0 saturated carbocycles. The van der Waals surface area contributed by atoms with Crippen molar-refractivity contribution in [3.8, 4) is 0 Å². The normalized spacial score (nSPS) is 20.5. The van der Waals surface area contributed by atoms with Gasteiger partial charge in [0.15, 0.2) is 0 Å². The highest BCUT2D eigenvalue weighted by Crippen LogP contribution is 2.06. The summed E-state index contributed by atoms with van der Waals surface area (Å²) < 4.78 is 0. The number of hydrogen-bond acceptors (Lipinski definition) is 3. The van der Waals surface area contributed by atoms with E-state index in [0.717, 1.165) is 13.1 Å². The average molecular weight is 216 g/mol. The molecule has 1 saturated heterocycles. The van der Waals surface area contributed by atoms with E-state index in [0.29, 0.717) is 18.1 Å².